The fourth-order valence-corrected chi connectivity index (χ4v) is 3.73. The monoisotopic (exact) mass is 358 g/mol. The Kier molecular flexibility index (Phi) is 4.42. The second-order valence-corrected chi connectivity index (χ2v) is 6.70. The molecule has 0 amide bonds. The van der Waals surface area contributed by atoms with Crippen molar-refractivity contribution < 1.29 is 12.8 Å². The normalized spacial score (nSPS) is 11.5. The third kappa shape index (κ3) is 3.36. The first kappa shape index (κ1) is 15.0. The van der Waals surface area contributed by atoms with Gasteiger partial charge in [0, 0.05) is 22.3 Å². The number of nitrogens with two attached hydrogens (primary N) is 1. The van der Waals surface area contributed by atoms with Crippen molar-refractivity contribution in [3.8, 4) is 0 Å². The summed E-state index contributed by atoms with van der Waals surface area (Å²) in [5.41, 5.74) is 6.29. The Labute approximate surface area is 125 Å². The Bertz CT molecular complexity index is 735. The molecule has 0 saturated heterocycles. The molecule has 0 spiro atoms. The molecule has 0 aliphatic carbocycles. The average Bonchev–Trinajstić information content (AvgIpc) is 2.37. The van der Waals surface area contributed by atoms with Crippen LogP contribution in [-0.4, -0.2) is 8.42 Å². The summed E-state index contributed by atoms with van der Waals surface area (Å²) in [6.07, 6.45) is 0. The number of hydrogen-bond acceptors (Lipinski definition) is 3. The summed E-state index contributed by atoms with van der Waals surface area (Å²) in [5, 5.41) is 0. The molecule has 2 rings (SSSR count). The van der Waals surface area contributed by atoms with Crippen LogP contribution in [0, 0.1) is 5.82 Å². The number of sulfonamides is 1. The molecule has 106 valence electrons. The van der Waals surface area contributed by atoms with Crippen LogP contribution >= 0.6 is 15.9 Å². The van der Waals surface area contributed by atoms with E-state index >= 15 is 0 Å². The lowest BCUT2D eigenvalue weighted by atomic mass is 10.2. The second kappa shape index (κ2) is 5.90. The minimum Gasteiger partial charge on any atom is -0.399 e. The predicted octanol–water partition coefficient (Wildman–Crippen LogP) is 2.65. The first-order valence-electron chi connectivity index (χ1n) is 5.68. The van der Waals surface area contributed by atoms with E-state index in [0.29, 0.717) is 10.2 Å². The van der Waals surface area contributed by atoms with Crippen LogP contribution in [0.15, 0.2) is 51.8 Å². The van der Waals surface area contributed by atoms with Gasteiger partial charge in [0.2, 0.25) is 10.0 Å². The number of nitrogen functional groups attached to an aromatic ring is 1. The first-order chi connectivity index (χ1) is 9.40. The molecule has 4 nitrogen and oxygen atoms in total. The number of hydrogen-bond donors (Lipinski definition) is 2. The van der Waals surface area contributed by atoms with E-state index in [4.69, 9.17) is 5.73 Å². The lowest BCUT2D eigenvalue weighted by Gasteiger charge is -2.09. The van der Waals surface area contributed by atoms with Crippen molar-refractivity contribution in [1.29, 1.82) is 0 Å². The summed E-state index contributed by atoms with van der Waals surface area (Å²) in [7, 11) is -3.74. The quantitative estimate of drug-likeness (QED) is 0.825. The van der Waals surface area contributed by atoms with Crippen LogP contribution in [0.1, 0.15) is 5.56 Å². The second-order valence-electron chi connectivity index (χ2n) is 4.11. The highest BCUT2D eigenvalue weighted by Gasteiger charge is 2.17. The van der Waals surface area contributed by atoms with Gasteiger partial charge in [-0.1, -0.05) is 18.2 Å². The zero-order valence-corrected chi connectivity index (χ0v) is 12.7. The smallest absolute Gasteiger partial charge is 0.241 e. The fraction of sp³-hybridized carbons (Fsp3) is 0.0769. The van der Waals surface area contributed by atoms with Crippen LogP contribution in [0.4, 0.5) is 10.1 Å². The molecule has 2 aromatic rings. The zero-order valence-electron chi connectivity index (χ0n) is 10.3. The molecule has 2 aromatic carbocycles. The number of anilines is 1. The summed E-state index contributed by atoms with van der Waals surface area (Å²) in [4.78, 5) is 0.0584. The van der Waals surface area contributed by atoms with Crippen molar-refractivity contribution in [2.45, 2.75) is 11.4 Å². The van der Waals surface area contributed by atoms with Crippen molar-refractivity contribution in [1.82, 2.24) is 4.72 Å². The van der Waals surface area contributed by atoms with Gasteiger partial charge in [-0.05, 0) is 40.2 Å². The highest BCUT2D eigenvalue weighted by molar-refractivity contribution is 9.10. The predicted molar refractivity (Wildman–Crippen MR) is 79.0 cm³/mol. The molecule has 0 atom stereocenters. The van der Waals surface area contributed by atoms with E-state index in [-0.39, 0.29) is 17.0 Å². The van der Waals surface area contributed by atoms with Crippen molar-refractivity contribution in [3.05, 3.63) is 58.3 Å². The summed E-state index contributed by atoms with van der Waals surface area (Å²) in [6, 6.07) is 10.4. The lowest BCUT2D eigenvalue weighted by molar-refractivity contribution is 0.574. The number of rotatable bonds is 4. The number of benzene rings is 2. The standard InChI is InChI=1S/C13H12BrFN2O2S/c14-11-7-10(16)5-6-13(11)20(18,19)17-8-9-3-1-2-4-12(9)15/h1-7,17H,8,16H2. The molecule has 20 heavy (non-hydrogen) atoms. The van der Waals surface area contributed by atoms with E-state index in [1.165, 1.54) is 30.3 Å². The number of nitrogens with one attached hydrogen (secondary N) is 1. The Morgan fingerprint density at radius 2 is 1.90 bits per heavy atom. The Balaban J connectivity index is 2.22. The van der Waals surface area contributed by atoms with Gasteiger partial charge in [0.1, 0.15) is 5.82 Å². The molecule has 0 saturated carbocycles. The summed E-state index contributed by atoms with van der Waals surface area (Å²) in [5.74, 6) is -0.452. The maximum atomic E-state index is 13.4. The molecule has 0 radical (unpaired) electrons. The minimum atomic E-state index is -3.74. The van der Waals surface area contributed by atoms with Crippen molar-refractivity contribution in [2.75, 3.05) is 5.73 Å². The molecule has 7 heteroatoms. The Hall–Kier alpha value is -1.44. The van der Waals surface area contributed by atoms with E-state index in [1.54, 1.807) is 12.1 Å². The SMILES string of the molecule is Nc1ccc(S(=O)(=O)NCc2ccccc2F)c(Br)c1. The van der Waals surface area contributed by atoms with Gasteiger partial charge in [-0.3, -0.25) is 0 Å². The lowest BCUT2D eigenvalue weighted by Crippen LogP contribution is -2.24. The van der Waals surface area contributed by atoms with Crippen LogP contribution < -0.4 is 10.5 Å². The number of halogens is 2. The van der Waals surface area contributed by atoms with Gasteiger partial charge in [-0.15, -0.1) is 0 Å². The van der Waals surface area contributed by atoms with Gasteiger partial charge in [0.25, 0.3) is 0 Å². The maximum absolute atomic E-state index is 13.4. The molecular weight excluding hydrogens is 347 g/mol. The van der Waals surface area contributed by atoms with Crippen molar-refractivity contribution >= 4 is 31.6 Å². The van der Waals surface area contributed by atoms with Crippen LogP contribution in [0.3, 0.4) is 0 Å². The van der Waals surface area contributed by atoms with Gasteiger partial charge >= 0.3 is 0 Å². The molecule has 0 aliphatic rings. The molecule has 0 aliphatic heterocycles. The van der Waals surface area contributed by atoms with Crippen LogP contribution in [0.2, 0.25) is 0 Å². The largest absolute Gasteiger partial charge is 0.399 e. The molecule has 0 bridgehead atoms. The van der Waals surface area contributed by atoms with Gasteiger partial charge in [-0.2, -0.15) is 0 Å². The van der Waals surface area contributed by atoms with E-state index < -0.39 is 15.8 Å². The topological polar surface area (TPSA) is 72.2 Å². The van der Waals surface area contributed by atoms with Crippen molar-refractivity contribution in [3.63, 3.8) is 0 Å². The van der Waals surface area contributed by atoms with Gasteiger partial charge in [0.15, 0.2) is 0 Å². The first-order valence-corrected chi connectivity index (χ1v) is 7.96. The third-order valence-electron chi connectivity index (χ3n) is 2.66. The summed E-state index contributed by atoms with van der Waals surface area (Å²) < 4.78 is 40.4. The minimum absolute atomic E-state index is 0.0584. The van der Waals surface area contributed by atoms with E-state index in [0.717, 1.165) is 0 Å². The van der Waals surface area contributed by atoms with Crippen molar-refractivity contribution in [2.24, 2.45) is 0 Å². The zero-order chi connectivity index (χ0) is 14.8. The molecule has 0 fully saturated rings. The Morgan fingerprint density at radius 1 is 1.20 bits per heavy atom. The van der Waals surface area contributed by atoms with E-state index in [2.05, 4.69) is 20.7 Å². The van der Waals surface area contributed by atoms with Gasteiger partial charge in [-0.25, -0.2) is 17.5 Å². The van der Waals surface area contributed by atoms with Crippen LogP contribution in [-0.2, 0) is 16.6 Å². The van der Waals surface area contributed by atoms with Gasteiger partial charge in [0.05, 0.1) is 4.90 Å². The highest BCUT2D eigenvalue weighted by atomic mass is 79.9. The molecule has 0 unspecified atom stereocenters. The van der Waals surface area contributed by atoms with Crippen LogP contribution in [0.5, 0.6) is 0 Å². The van der Waals surface area contributed by atoms with Gasteiger partial charge < -0.3 is 5.73 Å². The highest BCUT2D eigenvalue weighted by Crippen LogP contribution is 2.24. The summed E-state index contributed by atoms with van der Waals surface area (Å²) >= 11 is 3.15. The molecule has 0 aromatic heterocycles. The average molecular weight is 359 g/mol. The third-order valence-corrected chi connectivity index (χ3v) is 5.03. The van der Waals surface area contributed by atoms with E-state index in [9.17, 15) is 12.8 Å². The molecule has 3 N–H and O–H groups in total. The Morgan fingerprint density at radius 3 is 2.55 bits per heavy atom. The van der Waals surface area contributed by atoms with Crippen LogP contribution in [0.25, 0.3) is 0 Å². The fourth-order valence-electron chi connectivity index (χ4n) is 1.63. The maximum Gasteiger partial charge on any atom is 0.241 e. The molecule has 0 heterocycles. The molecular formula is C13H12BrFN2O2S. The van der Waals surface area contributed by atoms with E-state index in [1.807, 2.05) is 0 Å². The summed E-state index contributed by atoms with van der Waals surface area (Å²) in [6.45, 7) is -0.119.